The van der Waals surface area contributed by atoms with Gasteiger partial charge in [0.25, 0.3) is 0 Å². The standard InChI is InChI=1S/C19H23Cl2NO2/c1-2-23-11-5-10-22-13-16-6-3-4-7-19(16)24-14-15-8-9-17(20)18(21)12-15/h3-4,6-9,12,22H,2,5,10-11,13-14H2,1H3. The number of nitrogens with one attached hydrogen (secondary N) is 1. The minimum absolute atomic E-state index is 0.457. The van der Waals surface area contributed by atoms with Gasteiger partial charge in [0.1, 0.15) is 12.4 Å². The molecule has 0 radical (unpaired) electrons. The van der Waals surface area contributed by atoms with E-state index in [0.717, 1.165) is 49.6 Å². The monoisotopic (exact) mass is 367 g/mol. The molecule has 0 saturated heterocycles. The van der Waals surface area contributed by atoms with Crippen molar-refractivity contribution in [3.8, 4) is 5.75 Å². The Hall–Kier alpha value is -1.26. The molecule has 2 aromatic carbocycles. The van der Waals surface area contributed by atoms with E-state index in [4.69, 9.17) is 32.7 Å². The number of hydrogen-bond donors (Lipinski definition) is 1. The summed E-state index contributed by atoms with van der Waals surface area (Å²) >= 11 is 12.0. The molecule has 2 rings (SSSR count). The first kappa shape index (κ1) is 19.1. The predicted molar refractivity (Wildman–Crippen MR) is 100 cm³/mol. The molecule has 0 heterocycles. The Morgan fingerprint density at radius 1 is 1.04 bits per heavy atom. The largest absolute Gasteiger partial charge is 0.489 e. The second-order valence-corrected chi connectivity index (χ2v) is 6.19. The van der Waals surface area contributed by atoms with E-state index in [0.29, 0.717) is 16.7 Å². The SMILES string of the molecule is CCOCCCNCc1ccccc1OCc1ccc(Cl)c(Cl)c1. The lowest BCUT2D eigenvalue weighted by Gasteiger charge is -2.12. The van der Waals surface area contributed by atoms with Crippen molar-refractivity contribution in [3.63, 3.8) is 0 Å². The zero-order valence-corrected chi connectivity index (χ0v) is 15.4. The van der Waals surface area contributed by atoms with Crippen LogP contribution in [0.1, 0.15) is 24.5 Å². The van der Waals surface area contributed by atoms with Crippen molar-refractivity contribution in [1.29, 1.82) is 0 Å². The van der Waals surface area contributed by atoms with Gasteiger partial charge in [0.05, 0.1) is 10.0 Å². The zero-order valence-electron chi connectivity index (χ0n) is 13.9. The van der Waals surface area contributed by atoms with Crippen molar-refractivity contribution < 1.29 is 9.47 Å². The number of rotatable bonds is 10. The topological polar surface area (TPSA) is 30.5 Å². The molecule has 0 spiro atoms. The lowest BCUT2D eigenvalue weighted by atomic mass is 10.2. The number of para-hydroxylation sites is 1. The molecule has 0 aliphatic heterocycles. The highest BCUT2D eigenvalue weighted by atomic mass is 35.5. The number of benzene rings is 2. The Labute approximate surface area is 153 Å². The summed E-state index contributed by atoms with van der Waals surface area (Å²) in [4.78, 5) is 0. The van der Waals surface area contributed by atoms with Crippen molar-refractivity contribution in [1.82, 2.24) is 5.32 Å². The molecule has 2 aromatic rings. The molecule has 130 valence electrons. The summed E-state index contributed by atoms with van der Waals surface area (Å²) in [5.74, 6) is 0.876. The van der Waals surface area contributed by atoms with Gasteiger partial charge in [-0.2, -0.15) is 0 Å². The van der Waals surface area contributed by atoms with Crippen molar-refractivity contribution in [2.24, 2.45) is 0 Å². The molecule has 0 atom stereocenters. The summed E-state index contributed by atoms with van der Waals surface area (Å²) in [6, 6.07) is 13.6. The van der Waals surface area contributed by atoms with Crippen LogP contribution >= 0.6 is 23.2 Å². The fourth-order valence-electron chi connectivity index (χ4n) is 2.25. The molecular formula is C19H23Cl2NO2. The van der Waals surface area contributed by atoms with Gasteiger partial charge in [0, 0.05) is 25.3 Å². The van der Waals surface area contributed by atoms with Crippen LogP contribution in [-0.2, 0) is 17.9 Å². The maximum absolute atomic E-state index is 6.04. The summed E-state index contributed by atoms with van der Waals surface area (Å²) in [6.07, 6.45) is 1.00. The summed E-state index contributed by atoms with van der Waals surface area (Å²) < 4.78 is 11.3. The second kappa shape index (κ2) is 10.6. The highest BCUT2D eigenvalue weighted by molar-refractivity contribution is 6.42. The Morgan fingerprint density at radius 2 is 1.88 bits per heavy atom. The Morgan fingerprint density at radius 3 is 2.67 bits per heavy atom. The lowest BCUT2D eigenvalue weighted by molar-refractivity contribution is 0.144. The summed E-state index contributed by atoms with van der Waals surface area (Å²) in [7, 11) is 0. The van der Waals surface area contributed by atoms with Crippen LogP contribution in [0, 0.1) is 0 Å². The average Bonchev–Trinajstić information content (AvgIpc) is 2.60. The lowest BCUT2D eigenvalue weighted by Crippen LogP contribution is -2.17. The zero-order chi connectivity index (χ0) is 17.2. The Balaban J connectivity index is 1.85. The van der Waals surface area contributed by atoms with Crippen molar-refractivity contribution in [3.05, 3.63) is 63.6 Å². The third-order valence-electron chi connectivity index (χ3n) is 3.51. The van der Waals surface area contributed by atoms with E-state index in [-0.39, 0.29) is 0 Å². The summed E-state index contributed by atoms with van der Waals surface area (Å²) in [6.45, 7) is 5.71. The van der Waals surface area contributed by atoms with Crippen LogP contribution in [0.5, 0.6) is 5.75 Å². The van der Waals surface area contributed by atoms with Crippen LogP contribution in [-0.4, -0.2) is 19.8 Å². The van der Waals surface area contributed by atoms with Crippen LogP contribution in [0.2, 0.25) is 10.0 Å². The minimum Gasteiger partial charge on any atom is -0.489 e. The first-order chi connectivity index (χ1) is 11.7. The minimum atomic E-state index is 0.457. The molecule has 0 saturated carbocycles. The molecule has 0 unspecified atom stereocenters. The molecule has 24 heavy (non-hydrogen) atoms. The van der Waals surface area contributed by atoms with Crippen LogP contribution in [0.15, 0.2) is 42.5 Å². The van der Waals surface area contributed by atoms with E-state index in [2.05, 4.69) is 11.4 Å². The second-order valence-electron chi connectivity index (χ2n) is 5.37. The van der Waals surface area contributed by atoms with E-state index >= 15 is 0 Å². The number of ether oxygens (including phenoxy) is 2. The molecule has 0 aliphatic rings. The third kappa shape index (κ3) is 6.33. The molecule has 3 nitrogen and oxygen atoms in total. The van der Waals surface area contributed by atoms with Gasteiger partial charge in [0.2, 0.25) is 0 Å². The fourth-order valence-corrected chi connectivity index (χ4v) is 2.57. The highest BCUT2D eigenvalue weighted by Gasteiger charge is 2.05. The summed E-state index contributed by atoms with van der Waals surface area (Å²) in [5, 5.41) is 4.51. The van der Waals surface area contributed by atoms with Gasteiger partial charge in [0.15, 0.2) is 0 Å². The first-order valence-electron chi connectivity index (χ1n) is 8.13. The van der Waals surface area contributed by atoms with Crippen molar-refractivity contribution in [2.45, 2.75) is 26.5 Å². The van der Waals surface area contributed by atoms with Gasteiger partial charge in [-0.1, -0.05) is 47.5 Å². The van der Waals surface area contributed by atoms with Crippen LogP contribution in [0.3, 0.4) is 0 Å². The van der Waals surface area contributed by atoms with Gasteiger partial charge >= 0.3 is 0 Å². The van der Waals surface area contributed by atoms with Gasteiger partial charge in [-0.3, -0.25) is 0 Å². The average molecular weight is 368 g/mol. The highest BCUT2D eigenvalue weighted by Crippen LogP contribution is 2.24. The van der Waals surface area contributed by atoms with Gasteiger partial charge in [-0.15, -0.1) is 0 Å². The number of halogens is 2. The maximum atomic E-state index is 6.04. The van der Waals surface area contributed by atoms with Gasteiger partial charge < -0.3 is 14.8 Å². The molecular weight excluding hydrogens is 345 g/mol. The van der Waals surface area contributed by atoms with E-state index in [1.807, 2.05) is 37.3 Å². The molecule has 0 aromatic heterocycles. The van der Waals surface area contributed by atoms with Gasteiger partial charge in [-0.25, -0.2) is 0 Å². The first-order valence-corrected chi connectivity index (χ1v) is 8.89. The quantitative estimate of drug-likeness (QED) is 0.593. The van der Waals surface area contributed by atoms with E-state index in [9.17, 15) is 0 Å². The predicted octanol–water partition coefficient (Wildman–Crippen LogP) is 5.09. The van der Waals surface area contributed by atoms with Crippen LogP contribution < -0.4 is 10.1 Å². The fraction of sp³-hybridized carbons (Fsp3) is 0.368. The van der Waals surface area contributed by atoms with Crippen molar-refractivity contribution in [2.75, 3.05) is 19.8 Å². The van der Waals surface area contributed by atoms with E-state index in [1.165, 1.54) is 0 Å². The molecule has 0 fully saturated rings. The molecule has 0 bridgehead atoms. The Bertz CT molecular complexity index is 635. The molecule has 5 heteroatoms. The van der Waals surface area contributed by atoms with Crippen molar-refractivity contribution >= 4 is 23.2 Å². The van der Waals surface area contributed by atoms with Crippen LogP contribution in [0.25, 0.3) is 0 Å². The van der Waals surface area contributed by atoms with E-state index < -0.39 is 0 Å². The smallest absolute Gasteiger partial charge is 0.124 e. The molecule has 0 aliphatic carbocycles. The van der Waals surface area contributed by atoms with Gasteiger partial charge in [-0.05, 0) is 43.7 Å². The number of hydrogen-bond acceptors (Lipinski definition) is 3. The maximum Gasteiger partial charge on any atom is 0.124 e. The summed E-state index contributed by atoms with van der Waals surface area (Å²) in [5.41, 5.74) is 2.12. The molecule has 1 N–H and O–H groups in total. The van der Waals surface area contributed by atoms with Crippen LogP contribution in [0.4, 0.5) is 0 Å². The molecule has 0 amide bonds. The third-order valence-corrected chi connectivity index (χ3v) is 4.25. The Kier molecular flexibility index (Phi) is 8.40. The normalized spacial score (nSPS) is 10.8. The van der Waals surface area contributed by atoms with E-state index in [1.54, 1.807) is 6.07 Å².